The van der Waals surface area contributed by atoms with Crippen molar-refractivity contribution in [2.75, 3.05) is 26.2 Å². The number of fused-ring (bicyclic) bond motifs is 2. The third-order valence-electron chi connectivity index (χ3n) is 5.14. The number of amides is 3. The summed E-state index contributed by atoms with van der Waals surface area (Å²) in [7, 11) is 0. The van der Waals surface area contributed by atoms with Crippen molar-refractivity contribution in [3.8, 4) is 5.75 Å². The number of urea groups is 1. The Balaban J connectivity index is 1.37. The van der Waals surface area contributed by atoms with Crippen LogP contribution in [0, 0.1) is 0 Å². The smallest absolute Gasteiger partial charge is 0.317 e. The molecule has 1 aromatic carbocycles. The van der Waals surface area contributed by atoms with E-state index in [1.54, 1.807) is 11.1 Å². The first-order valence-corrected chi connectivity index (χ1v) is 9.74. The number of carbonyl (C=O) groups excluding carboxylic acids is 2. The number of imidazole rings is 1. The second-order valence-electron chi connectivity index (χ2n) is 7.10. The van der Waals surface area contributed by atoms with Crippen LogP contribution in [0.1, 0.15) is 28.8 Å². The molecule has 1 aromatic heterocycles. The molecule has 0 saturated carbocycles. The molecule has 0 radical (unpaired) electrons. The highest BCUT2D eigenvalue weighted by atomic mass is 16.5. The number of nitrogens with zero attached hydrogens (tertiary/aromatic N) is 3. The van der Waals surface area contributed by atoms with Gasteiger partial charge in [0.05, 0.1) is 6.04 Å². The molecule has 0 bridgehead atoms. The highest BCUT2D eigenvalue weighted by Crippen LogP contribution is 2.24. The van der Waals surface area contributed by atoms with Gasteiger partial charge in [-0.25, -0.2) is 9.78 Å². The monoisotopic (exact) mass is 383 g/mol. The Bertz CT molecular complexity index is 853. The lowest BCUT2D eigenvalue weighted by Crippen LogP contribution is -2.43. The average Bonchev–Trinajstić information content (AvgIpc) is 3.01. The van der Waals surface area contributed by atoms with Crippen LogP contribution in [0.25, 0.3) is 0 Å². The zero-order valence-corrected chi connectivity index (χ0v) is 16.0. The number of ether oxygens (including phenoxy) is 1. The quantitative estimate of drug-likeness (QED) is 0.834. The number of para-hydroxylation sites is 1. The van der Waals surface area contributed by atoms with Crippen molar-refractivity contribution in [2.24, 2.45) is 0 Å². The molecule has 148 valence electrons. The standard InChI is InChI=1S/C20H25N5O3/c1-2-21-20(27)24-8-7-18-23-16(12-25(18)10-9-24)19(26)22-15-11-14-5-3-4-6-17(14)28-13-15/h3-6,12,15H,2,7-11,13H2,1H3,(H,21,27)(H,22,26). The van der Waals surface area contributed by atoms with Crippen molar-refractivity contribution in [1.29, 1.82) is 0 Å². The molecule has 8 heteroatoms. The van der Waals surface area contributed by atoms with Crippen molar-refractivity contribution in [3.05, 3.63) is 47.5 Å². The zero-order chi connectivity index (χ0) is 19.5. The van der Waals surface area contributed by atoms with Gasteiger partial charge in [0.25, 0.3) is 5.91 Å². The third-order valence-corrected chi connectivity index (χ3v) is 5.14. The number of nitrogens with one attached hydrogen (secondary N) is 2. The fraction of sp³-hybridized carbons (Fsp3) is 0.450. The van der Waals surface area contributed by atoms with Crippen LogP contribution in [0.3, 0.4) is 0 Å². The van der Waals surface area contributed by atoms with E-state index in [0.29, 0.717) is 44.9 Å². The molecule has 2 N–H and O–H groups in total. The lowest BCUT2D eigenvalue weighted by atomic mass is 10.0. The molecule has 2 aromatic rings. The second-order valence-corrected chi connectivity index (χ2v) is 7.10. The minimum absolute atomic E-state index is 0.0520. The molecular weight excluding hydrogens is 358 g/mol. The molecule has 28 heavy (non-hydrogen) atoms. The van der Waals surface area contributed by atoms with Crippen molar-refractivity contribution < 1.29 is 14.3 Å². The third kappa shape index (κ3) is 3.81. The van der Waals surface area contributed by atoms with Crippen molar-refractivity contribution >= 4 is 11.9 Å². The first-order valence-electron chi connectivity index (χ1n) is 9.74. The second kappa shape index (κ2) is 7.92. The Hall–Kier alpha value is -3.03. The van der Waals surface area contributed by atoms with Crippen LogP contribution in [0.5, 0.6) is 5.75 Å². The topological polar surface area (TPSA) is 88.5 Å². The Labute approximate surface area is 163 Å². The van der Waals surface area contributed by atoms with Crippen LogP contribution in [-0.4, -0.2) is 58.7 Å². The molecule has 3 amide bonds. The lowest BCUT2D eigenvalue weighted by molar-refractivity contribution is 0.0910. The first-order chi connectivity index (χ1) is 13.6. The van der Waals surface area contributed by atoms with E-state index in [1.807, 2.05) is 35.8 Å². The van der Waals surface area contributed by atoms with Crippen LogP contribution >= 0.6 is 0 Å². The van der Waals surface area contributed by atoms with E-state index >= 15 is 0 Å². The van der Waals surface area contributed by atoms with Gasteiger partial charge in [-0.2, -0.15) is 0 Å². The summed E-state index contributed by atoms with van der Waals surface area (Å²) < 4.78 is 7.71. The lowest BCUT2D eigenvalue weighted by Gasteiger charge is -2.25. The Morgan fingerprint density at radius 3 is 2.96 bits per heavy atom. The minimum Gasteiger partial charge on any atom is -0.491 e. The summed E-state index contributed by atoms with van der Waals surface area (Å²) in [5.41, 5.74) is 1.52. The zero-order valence-electron chi connectivity index (χ0n) is 16.0. The van der Waals surface area contributed by atoms with E-state index < -0.39 is 0 Å². The van der Waals surface area contributed by atoms with Gasteiger partial charge >= 0.3 is 6.03 Å². The molecular formula is C20H25N5O3. The van der Waals surface area contributed by atoms with Crippen molar-refractivity contribution in [1.82, 2.24) is 25.1 Å². The Kier molecular flexibility index (Phi) is 5.18. The van der Waals surface area contributed by atoms with Gasteiger partial charge in [-0.3, -0.25) is 4.79 Å². The van der Waals surface area contributed by atoms with Gasteiger partial charge in [-0.15, -0.1) is 0 Å². The van der Waals surface area contributed by atoms with Gasteiger partial charge in [-0.1, -0.05) is 18.2 Å². The van der Waals surface area contributed by atoms with E-state index in [2.05, 4.69) is 15.6 Å². The fourth-order valence-corrected chi connectivity index (χ4v) is 3.68. The van der Waals surface area contributed by atoms with Gasteiger partial charge in [0.1, 0.15) is 23.9 Å². The number of rotatable bonds is 3. The summed E-state index contributed by atoms with van der Waals surface area (Å²) in [6.07, 6.45) is 3.16. The number of hydrogen-bond donors (Lipinski definition) is 2. The fourth-order valence-electron chi connectivity index (χ4n) is 3.68. The SMILES string of the molecule is CCNC(=O)N1CCc2nc(C(=O)NC3COc4ccccc4C3)cn2CC1. The molecule has 0 fully saturated rings. The number of benzene rings is 1. The maximum Gasteiger partial charge on any atom is 0.317 e. The normalized spacial score (nSPS) is 18.3. The molecule has 3 heterocycles. The summed E-state index contributed by atoms with van der Waals surface area (Å²) in [5, 5.41) is 5.86. The summed E-state index contributed by atoms with van der Waals surface area (Å²) in [5.74, 6) is 1.54. The van der Waals surface area contributed by atoms with Gasteiger partial charge in [0.15, 0.2) is 0 Å². The summed E-state index contributed by atoms with van der Waals surface area (Å²) in [6.45, 7) is 4.80. The van der Waals surface area contributed by atoms with E-state index in [9.17, 15) is 9.59 Å². The van der Waals surface area contributed by atoms with Gasteiger partial charge in [-0.05, 0) is 25.0 Å². The van der Waals surface area contributed by atoms with Crippen LogP contribution < -0.4 is 15.4 Å². The molecule has 1 unspecified atom stereocenters. The van der Waals surface area contributed by atoms with E-state index in [-0.39, 0.29) is 18.0 Å². The van der Waals surface area contributed by atoms with E-state index in [0.717, 1.165) is 23.6 Å². The molecule has 2 aliphatic heterocycles. The van der Waals surface area contributed by atoms with E-state index in [4.69, 9.17) is 4.74 Å². The van der Waals surface area contributed by atoms with Gasteiger partial charge in [0.2, 0.25) is 0 Å². The molecule has 2 aliphatic rings. The summed E-state index contributed by atoms with van der Waals surface area (Å²) in [4.78, 5) is 31.0. The first kappa shape index (κ1) is 18.3. The minimum atomic E-state index is -0.186. The molecule has 0 spiro atoms. The maximum atomic E-state index is 12.7. The summed E-state index contributed by atoms with van der Waals surface area (Å²) in [6, 6.07) is 7.77. The number of hydrogen-bond acceptors (Lipinski definition) is 4. The highest BCUT2D eigenvalue weighted by molar-refractivity contribution is 5.92. The van der Waals surface area contributed by atoms with Gasteiger partial charge in [0, 0.05) is 38.8 Å². The highest BCUT2D eigenvalue weighted by Gasteiger charge is 2.25. The average molecular weight is 383 g/mol. The van der Waals surface area contributed by atoms with Crippen molar-refractivity contribution in [2.45, 2.75) is 32.4 Å². The molecule has 1 atom stereocenters. The van der Waals surface area contributed by atoms with Crippen LogP contribution in [0.4, 0.5) is 4.79 Å². The van der Waals surface area contributed by atoms with Crippen molar-refractivity contribution in [3.63, 3.8) is 0 Å². The number of aromatic nitrogens is 2. The molecule has 8 nitrogen and oxygen atoms in total. The summed E-state index contributed by atoms with van der Waals surface area (Å²) >= 11 is 0. The Morgan fingerprint density at radius 2 is 2.11 bits per heavy atom. The molecule has 0 saturated heterocycles. The number of carbonyl (C=O) groups is 2. The van der Waals surface area contributed by atoms with E-state index in [1.165, 1.54) is 0 Å². The molecule has 0 aliphatic carbocycles. The predicted molar refractivity (Wildman–Crippen MR) is 103 cm³/mol. The Morgan fingerprint density at radius 1 is 1.25 bits per heavy atom. The maximum absolute atomic E-state index is 12.7. The molecule has 4 rings (SSSR count). The predicted octanol–water partition coefficient (Wildman–Crippen LogP) is 1.20. The van der Waals surface area contributed by atoms with Gasteiger partial charge < -0.3 is 24.8 Å². The largest absolute Gasteiger partial charge is 0.491 e. The van der Waals surface area contributed by atoms with Crippen LogP contribution in [0.15, 0.2) is 30.5 Å². The van der Waals surface area contributed by atoms with Crippen LogP contribution in [-0.2, 0) is 19.4 Å². The van der Waals surface area contributed by atoms with Crippen LogP contribution in [0.2, 0.25) is 0 Å².